The molecule has 0 spiro atoms. The van der Waals surface area contributed by atoms with Gasteiger partial charge in [-0.2, -0.15) is 0 Å². The highest BCUT2D eigenvalue weighted by Gasteiger charge is 1.98. The second-order valence-corrected chi connectivity index (χ2v) is 4.31. The third-order valence-electron chi connectivity index (χ3n) is 2.09. The molecule has 0 aliphatic rings. The maximum absolute atomic E-state index is 8.64. The summed E-state index contributed by atoms with van der Waals surface area (Å²) >= 11 is 1.65. The summed E-state index contributed by atoms with van der Waals surface area (Å²) in [4.78, 5) is 7.20. The largest absolute Gasteiger partial charge is 0.384 e. The quantitative estimate of drug-likeness (QED) is 0.641. The molecule has 0 atom stereocenters. The molecule has 3 nitrogen and oxygen atoms in total. The number of hydrogen-bond donors (Lipinski definition) is 2. The predicted octanol–water partition coefficient (Wildman–Crippen LogP) is 2.05. The lowest BCUT2D eigenvalue weighted by molar-refractivity contribution is 0.350. The number of rotatable bonds is 3. The molecule has 0 unspecified atom stereocenters. The molecule has 1 aromatic carbocycles. The van der Waals surface area contributed by atoms with Crippen LogP contribution in [0.1, 0.15) is 11.1 Å². The SMILES string of the molecule is OCC#Cc1cccc(CSc2ncc[nH]2)c1. The maximum Gasteiger partial charge on any atom is 0.165 e. The lowest BCUT2D eigenvalue weighted by atomic mass is 10.1. The summed E-state index contributed by atoms with van der Waals surface area (Å²) in [6, 6.07) is 7.99. The van der Waals surface area contributed by atoms with Crippen LogP contribution >= 0.6 is 11.8 Å². The Labute approximate surface area is 104 Å². The van der Waals surface area contributed by atoms with Crippen LogP contribution < -0.4 is 0 Å². The molecule has 0 aliphatic carbocycles. The normalized spacial score (nSPS) is 9.71. The Morgan fingerprint density at radius 1 is 1.41 bits per heavy atom. The van der Waals surface area contributed by atoms with Crippen molar-refractivity contribution in [2.45, 2.75) is 10.9 Å². The fraction of sp³-hybridized carbons (Fsp3) is 0.154. The van der Waals surface area contributed by atoms with E-state index in [1.165, 1.54) is 5.56 Å². The van der Waals surface area contributed by atoms with E-state index in [0.717, 1.165) is 16.5 Å². The number of thioether (sulfide) groups is 1. The average molecular weight is 244 g/mol. The van der Waals surface area contributed by atoms with Crippen molar-refractivity contribution in [3.05, 3.63) is 47.8 Å². The molecular weight excluding hydrogens is 232 g/mol. The van der Waals surface area contributed by atoms with E-state index in [1.54, 1.807) is 18.0 Å². The Bertz CT molecular complexity index is 526. The molecule has 0 bridgehead atoms. The van der Waals surface area contributed by atoms with Crippen LogP contribution in [0.5, 0.6) is 0 Å². The monoisotopic (exact) mass is 244 g/mol. The van der Waals surface area contributed by atoms with E-state index in [-0.39, 0.29) is 6.61 Å². The van der Waals surface area contributed by atoms with Gasteiger partial charge in [0.25, 0.3) is 0 Å². The first kappa shape index (κ1) is 11.8. The first-order valence-electron chi connectivity index (χ1n) is 5.19. The number of benzene rings is 1. The Balaban J connectivity index is 2.01. The molecule has 0 saturated heterocycles. The van der Waals surface area contributed by atoms with Crippen molar-refractivity contribution in [1.82, 2.24) is 9.97 Å². The zero-order valence-electron chi connectivity index (χ0n) is 9.18. The minimum atomic E-state index is -0.106. The number of nitrogens with zero attached hydrogens (tertiary/aromatic N) is 1. The van der Waals surface area contributed by atoms with Crippen LogP contribution in [0.2, 0.25) is 0 Å². The van der Waals surface area contributed by atoms with Crippen molar-refractivity contribution in [1.29, 1.82) is 0 Å². The zero-order valence-corrected chi connectivity index (χ0v) is 10.00. The molecule has 2 aromatic rings. The van der Waals surface area contributed by atoms with Gasteiger partial charge in [-0.25, -0.2) is 4.98 Å². The molecule has 86 valence electrons. The molecule has 2 rings (SSSR count). The van der Waals surface area contributed by atoms with Gasteiger partial charge in [0, 0.05) is 23.7 Å². The van der Waals surface area contributed by atoms with Crippen molar-refractivity contribution < 1.29 is 5.11 Å². The van der Waals surface area contributed by atoms with Gasteiger partial charge in [0.05, 0.1) is 0 Å². The van der Waals surface area contributed by atoms with Gasteiger partial charge in [-0.05, 0) is 17.7 Å². The van der Waals surface area contributed by atoms with Crippen LogP contribution in [0.3, 0.4) is 0 Å². The fourth-order valence-electron chi connectivity index (χ4n) is 1.36. The fourth-order valence-corrected chi connectivity index (χ4v) is 2.13. The summed E-state index contributed by atoms with van der Waals surface area (Å²) in [6.45, 7) is -0.106. The number of nitrogens with one attached hydrogen (secondary N) is 1. The first-order chi connectivity index (χ1) is 8.38. The topological polar surface area (TPSA) is 48.9 Å². The number of aromatic amines is 1. The van der Waals surface area contributed by atoms with Gasteiger partial charge in [0.2, 0.25) is 0 Å². The van der Waals surface area contributed by atoms with Crippen molar-refractivity contribution in [2.24, 2.45) is 0 Å². The standard InChI is InChI=1S/C13H12N2OS/c16-8-2-5-11-3-1-4-12(9-11)10-17-13-14-6-7-15-13/h1,3-4,6-7,9,16H,8,10H2,(H,14,15). The number of imidazole rings is 1. The van der Waals surface area contributed by atoms with Gasteiger partial charge in [0.1, 0.15) is 6.61 Å². The molecule has 17 heavy (non-hydrogen) atoms. The lowest BCUT2D eigenvalue weighted by Crippen LogP contribution is -1.84. The summed E-state index contributed by atoms with van der Waals surface area (Å²) in [6.07, 6.45) is 3.55. The molecule has 0 fully saturated rings. The summed E-state index contributed by atoms with van der Waals surface area (Å²) in [5.74, 6) is 6.39. The number of aromatic nitrogens is 2. The average Bonchev–Trinajstić information content (AvgIpc) is 2.87. The van der Waals surface area contributed by atoms with E-state index >= 15 is 0 Å². The molecule has 4 heteroatoms. The van der Waals surface area contributed by atoms with Crippen LogP contribution in [-0.2, 0) is 5.75 Å². The lowest BCUT2D eigenvalue weighted by Gasteiger charge is -2.00. The Hall–Kier alpha value is -1.70. The van der Waals surface area contributed by atoms with Crippen LogP contribution in [0.25, 0.3) is 0 Å². The zero-order chi connectivity index (χ0) is 11.9. The molecule has 0 radical (unpaired) electrons. The minimum absolute atomic E-state index is 0.106. The van der Waals surface area contributed by atoms with Crippen LogP contribution in [0.4, 0.5) is 0 Å². The smallest absolute Gasteiger partial charge is 0.165 e. The number of H-pyrrole nitrogens is 1. The second-order valence-electron chi connectivity index (χ2n) is 3.34. The Kier molecular flexibility index (Phi) is 4.25. The number of aliphatic hydroxyl groups excluding tert-OH is 1. The molecule has 0 aliphatic heterocycles. The summed E-state index contributed by atoms with van der Waals surface area (Å²) < 4.78 is 0. The van der Waals surface area contributed by atoms with Gasteiger partial charge in [-0.3, -0.25) is 0 Å². The minimum Gasteiger partial charge on any atom is -0.384 e. The van der Waals surface area contributed by atoms with Crippen molar-refractivity contribution >= 4 is 11.8 Å². The van der Waals surface area contributed by atoms with Gasteiger partial charge in [0.15, 0.2) is 5.16 Å². The van der Waals surface area contributed by atoms with Gasteiger partial charge < -0.3 is 10.1 Å². The van der Waals surface area contributed by atoms with E-state index in [9.17, 15) is 0 Å². The Morgan fingerprint density at radius 3 is 3.12 bits per heavy atom. The molecular formula is C13H12N2OS. The first-order valence-corrected chi connectivity index (χ1v) is 6.18. The summed E-state index contributed by atoms with van der Waals surface area (Å²) in [5.41, 5.74) is 2.12. The molecule has 1 aromatic heterocycles. The van der Waals surface area contributed by atoms with Crippen molar-refractivity contribution in [3.8, 4) is 11.8 Å². The molecule has 1 heterocycles. The van der Waals surface area contributed by atoms with Crippen molar-refractivity contribution in [3.63, 3.8) is 0 Å². The maximum atomic E-state index is 8.64. The van der Waals surface area contributed by atoms with Crippen molar-refractivity contribution in [2.75, 3.05) is 6.61 Å². The van der Waals surface area contributed by atoms with E-state index in [2.05, 4.69) is 27.9 Å². The highest BCUT2D eigenvalue weighted by molar-refractivity contribution is 7.98. The number of hydrogen-bond acceptors (Lipinski definition) is 3. The summed E-state index contributed by atoms with van der Waals surface area (Å²) in [7, 11) is 0. The molecule has 0 amide bonds. The second kappa shape index (κ2) is 6.14. The summed E-state index contributed by atoms with van der Waals surface area (Å²) in [5, 5.41) is 9.55. The molecule has 2 N–H and O–H groups in total. The van der Waals surface area contributed by atoms with E-state index in [4.69, 9.17) is 5.11 Å². The Morgan fingerprint density at radius 2 is 2.35 bits per heavy atom. The highest BCUT2D eigenvalue weighted by atomic mass is 32.2. The van der Waals surface area contributed by atoms with E-state index < -0.39 is 0 Å². The van der Waals surface area contributed by atoms with Gasteiger partial charge >= 0.3 is 0 Å². The highest BCUT2D eigenvalue weighted by Crippen LogP contribution is 2.19. The molecule has 0 saturated carbocycles. The van der Waals surface area contributed by atoms with Gasteiger partial charge in [-0.1, -0.05) is 35.7 Å². The van der Waals surface area contributed by atoms with Gasteiger partial charge in [-0.15, -0.1) is 0 Å². The third kappa shape index (κ3) is 3.66. The third-order valence-corrected chi connectivity index (χ3v) is 3.06. The van der Waals surface area contributed by atoms with Crippen LogP contribution in [0, 0.1) is 11.8 Å². The van der Waals surface area contributed by atoms with E-state index in [0.29, 0.717) is 0 Å². The predicted molar refractivity (Wildman–Crippen MR) is 68.6 cm³/mol. The van der Waals surface area contributed by atoms with E-state index in [1.807, 2.05) is 24.4 Å². The van der Waals surface area contributed by atoms with Crippen LogP contribution in [-0.4, -0.2) is 21.7 Å². The van der Waals surface area contributed by atoms with Crippen LogP contribution in [0.15, 0.2) is 41.8 Å². The number of aliphatic hydroxyl groups is 1.